The number of fused-ring (bicyclic) bond motifs is 1. The summed E-state index contributed by atoms with van der Waals surface area (Å²) in [4.78, 5) is 229. The van der Waals surface area contributed by atoms with Crippen LogP contribution in [0, 0.1) is 17.8 Å². The smallest absolute Gasteiger partial charge is 0.317 e. The number of carbonyl (C=O) groups excluding carboxylic acids is 13. The highest BCUT2D eigenvalue weighted by Crippen LogP contribution is 2.21. The zero-order chi connectivity index (χ0) is 86.4. The fourth-order valence-electron chi connectivity index (χ4n) is 12.9. The highest BCUT2D eigenvalue weighted by molar-refractivity contribution is 5.98. The first-order chi connectivity index (χ1) is 55.4. The van der Waals surface area contributed by atoms with E-state index >= 15 is 0 Å². The van der Waals surface area contributed by atoms with E-state index in [4.69, 9.17) is 11.5 Å². The number of amides is 13. The lowest BCUT2D eigenvalue weighted by Crippen LogP contribution is -2.60. The summed E-state index contributed by atoms with van der Waals surface area (Å²) in [5, 5.41) is 69.4. The zero-order valence-electron chi connectivity index (χ0n) is 67.2. The molecule has 0 bridgehead atoms. The third-order valence-corrected chi connectivity index (χ3v) is 19.1. The number of H-pyrrole nitrogens is 2. The van der Waals surface area contributed by atoms with Crippen LogP contribution in [-0.4, -0.2) is 302 Å². The van der Waals surface area contributed by atoms with E-state index in [1.54, 1.807) is 94.2 Å². The van der Waals surface area contributed by atoms with Crippen LogP contribution < -0.4 is 70.0 Å². The van der Waals surface area contributed by atoms with Crippen molar-refractivity contribution in [3.63, 3.8) is 0 Å². The molecule has 0 unspecified atom stereocenters. The van der Waals surface area contributed by atoms with Crippen molar-refractivity contribution in [1.82, 2.24) is 93.0 Å². The Morgan fingerprint density at radius 1 is 0.470 bits per heavy atom. The molecule has 13 amide bonds. The van der Waals surface area contributed by atoms with E-state index in [0.717, 1.165) is 0 Å². The number of para-hydroxylation sites is 1. The third kappa shape index (κ3) is 36.5. The number of primary amides is 2. The second kappa shape index (κ2) is 49.4. The summed E-state index contributed by atoms with van der Waals surface area (Å²) in [6.45, 7) is 11.0. The van der Waals surface area contributed by atoms with Crippen LogP contribution in [0.4, 0.5) is 0 Å². The monoisotopic (exact) mass is 1640 g/mol. The Morgan fingerprint density at radius 3 is 1.51 bits per heavy atom. The van der Waals surface area contributed by atoms with Crippen LogP contribution in [0.3, 0.4) is 0 Å². The molecule has 0 spiro atoms. The Kier molecular flexibility index (Phi) is 40.6. The zero-order valence-corrected chi connectivity index (χ0v) is 67.2. The van der Waals surface area contributed by atoms with Crippen molar-refractivity contribution in [3.05, 3.63) is 90.1 Å². The largest absolute Gasteiger partial charge is 0.480 e. The number of carbonyl (C=O) groups is 16. The normalized spacial score (nSPS) is 15.6. The fraction of sp³-hybridized carbons (Fsp3) is 0.571. The van der Waals surface area contributed by atoms with Crippen LogP contribution in [0.15, 0.2) is 73.3 Å². The van der Waals surface area contributed by atoms with Crippen molar-refractivity contribution < 1.29 is 97.1 Å². The van der Waals surface area contributed by atoms with Gasteiger partial charge in [-0.1, -0.05) is 90.1 Å². The predicted octanol–water partition coefficient (Wildman–Crippen LogP) is -4.33. The van der Waals surface area contributed by atoms with E-state index < -0.39 is 181 Å². The summed E-state index contributed by atoms with van der Waals surface area (Å²) in [5.74, 6) is -14.3. The number of carboxylic acid groups (broad SMARTS) is 3. The molecule has 40 heteroatoms. The number of nitrogens with two attached hydrogens (primary N) is 2. The minimum Gasteiger partial charge on any atom is -0.480 e. The molecule has 1 aliphatic rings. The number of imidazole rings is 1. The molecule has 644 valence electrons. The summed E-state index contributed by atoms with van der Waals surface area (Å²) in [7, 11) is 0. The summed E-state index contributed by atoms with van der Waals surface area (Å²) in [6, 6.07) is 4.90. The summed E-state index contributed by atoms with van der Waals surface area (Å²) >= 11 is 0. The molecule has 2 aromatic heterocycles. The van der Waals surface area contributed by atoms with Gasteiger partial charge in [0.15, 0.2) is 0 Å². The molecular formula is C77H116N20O20. The Hall–Kier alpha value is -11.5. The van der Waals surface area contributed by atoms with Gasteiger partial charge in [0.1, 0.15) is 42.3 Å². The molecule has 1 fully saturated rings. The van der Waals surface area contributed by atoms with Crippen LogP contribution in [-0.2, 0) is 96.0 Å². The fourth-order valence-corrected chi connectivity index (χ4v) is 12.9. The van der Waals surface area contributed by atoms with Crippen molar-refractivity contribution in [2.75, 3.05) is 98.2 Å². The molecule has 9 atom stereocenters. The molecule has 4 aromatic rings. The SMILES string of the molecule is CC(C)C[C@H](NC(=O)C[C@H](O)[C@H](CC(C)C)NC(=O)[C@H](Cc1cnc[nH]1)NC(=O)CNC(=O)[C@@H](NC(=O)[C@H](C)NC(=O)[C@H](Cc1c[nH]c2ccccc12)NC(=O)[C@H](CCC(N)=O)NC(=O)[C@@H](Cc1ccccc1)NC(=O)CCNC(=O)CCNC(=O)CN1CCN(CC(=O)O)CCN(CC(=O)O)CCN(CC(=O)O)CC1)C(C)C)C(N)=O. The second-order valence-corrected chi connectivity index (χ2v) is 30.2. The van der Waals surface area contributed by atoms with Crippen LogP contribution >= 0.6 is 0 Å². The molecule has 1 saturated heterocycles. The number of aliphatic hydroxyl groups excluding tert-OH is 1. The first-order valence-electron chi connectivity index (χ1n) is 39.0. The number of aromatic nitrogens is 3. The van der Waals surface area contributed by atoms with E-state index in [1.165, 1.54) is 19.4 Å². The molecule has 0 saturated carbocycles. The van der Waals surface area contributed by atoms with E-state index in [0.29, 0.717) is 27.7 Å². The quantitative estimate of drug-likeness (QED) is 0.0199. The van der Waals surface area contributed by atoms with Gasteiger partial charge in [-0.05, 0) is 61.1 Å². The molecule has 2 aromatic carbocycles. The number of nitrogens with zero attached hydrogens (tertiary/aromatic N) is 5. The van der Waals surface area contributed by atoms with Gasteiger partial charge < -0.3 is 100 Å². The van der Waals surface area contributed by atoms with Crippen LogP contribution in [0.2, 0.25) is 0 Å². The standard InChI is InChI=1S/C77H116N20O20/c1-45(2)31-55(60(98)36-64(102)87-56(71(79)111)32-46(3)4)91-76(116)59(35-51-38-80-44-85-51)89-65(103)39-84-77(117)70(47(5)6)93-72(112)48(7)86-74(114)58(34-50-37-83-53-16-12-11-15-52(50)53)92-73(113)54(17-18-61(78)99)90-75(115)57(33-49-13-9-8-10-14-49)88-63(101)20-22-81-62(100)19-21-82-66(104)40-94-23-25-95(41-67(105)106)27-29-97(43-69(109)110)30-28-96(26-24-94)42-68(107)108/h8-16,37-38,44-48,54-60,70,83,98H,17-36,39-43H2,1-7H3,(H2,78,99)(H2,79,111)(H,80,85)(H,81,100)(H,82,104)(H,84,117)(H,86,114)(H,87,102)(H,88,101)(H,89,103)(H,90,115)(H,91,116)(H,92,113)(H,93,112)(H,105,106)(H,107,108)(H,109,110)/t48-,54-,55-,56-,57+,58-,59-,60-,70-/m0/s1. The first kappa shape index (κ1) is 96.1. The Balaban J connectivity index is 1.23. The maximum Gasteiger partial charge on any atom is 0.317 e. The first-order valence-corrected chi connectivity index (χ1v) is 39.0. The minimum atomic E-state index is -1.60. The highest BCUT2D eigenvalue weighted by Gasteiger charge is 2.36. The number of rotatable bonds is 48. The van der Waals surface area contributed by atoms with Crippen molar-refractivity contribution >= 4 is 106 Å². The number of benzene rings is 2. The van der Waals surface area contributed by atoms with Gasteiger partial charge in [0.25, 0.3) is 0 Å². The summed E-state index contributed by atoms with van der Waals surface area (Å²) in [5.41, 5.74) is 13.3. The Morgan fingerprint density at radius 2 is 0.966 bits per heavy atom. The number of hydrogen-bond acceptors (Lipinski definition) is 22. The molecule has 0 aliphatic carbocycles. The lowest BCUT2D eigenvalue weighted by atomic mass is 9.96. The third-order valence-electron chi connectivity index (χ3n) is 19.1. The lowest BCUT2D eigenvalue weighted by Gasteiger charge is -2.32. The minimum absolute atomic E-state index is 0.00306. The van der Waals surface area contributed by atoms with Crippen molar-refractivity contribution in [2.45, 2.75) is 167 Å². The predicted molar refractivity (Wildman–Crippen MR) is 424 cm³/mol. The van der Waals surface area contributed by atoms with E-state index in [2.05, 4.69) is 73.4 Å². The molecule has 117 heavy (non-hydrogen) atoms. The molecular weight excluding hydrogens is 1520 g/mol. The molecule has 0 radical (unpaired) electrons. The van der Waals surface area contributed by atoms with Crippen molar-refractivity contribution in [3.8, 4) is 0 Å². The highest BCUT2D eigenvalue weighted by atomic mass is 16.4. The molecule has 21 N–H and O–H groups in total. The molecule has 1 aliphatic heterocycles. The van der Waals surface area contributed by atoms with Gasteiger partial charge in [-0.2, -0.15) is 0 Å². The number of aromatic amines is 2. The number of hydrogen-bond donors (Lipinski definition) is 19. The van der Waals surface area contributed by atoms with Crippen molar-refractivity contribution in [2.24, 2.45) is 29.2 Å². The van der Waals surface area contributed by atoms with Gasteiger partial charge in [0, 0.05) is 133 Å². The Bertz CT molecular complexity index is 3960. The van der Waals surface area contributed by atoms with E-state index in [-0.39, 0.29) is 148 Å². The van der Waals surface area contributed by atoms with Gasteiger partial charge in [-0.25, -0.2) is 4.98 Å². The van der Waals surface area contributed by atoms with Gasteiger partial charge >= 0.3 is 17.9 Å². The van der Waals surface area contributed by atoms with E-state index in [9.17, 15) is 97.1 Å². The molecule has 5 rings (SSSR count). The van der Waals surface area contributed by atoms with E-state index in [1.807, 2.05) is 27.7 Å². The van der Waals surface area contributed by atoms with Gasteiger partial charge in [0.2, 0.25) is 76.8 Å². The molecule has 40 nitrogen and oxygen atoms in total. The van der Waals surface area contributed by atoms with Gasteiger partial charge in [-0.15, -0.1) is 0 Å². The van der Waals surface area contributed by atoms with Crippen LogP contribution in [0.1, 0.15) is 110 Å². The average molecular weight is 1640 g/mol. The number of aliphatic hydroxyl groups is 1. The number of aliphatic carboxylic acids is 3. The molecule has 3 heterocycles. The maximum atomic E-state index is 14.7. The summed E-state index contributed by atoms with van der Waals surface area (Å²) in [6.07, 6.45) is 0.940. The van der Waals surface area contributed by atoms with Gasteiger partial charge in [0.05, 0.1) is 57.6 Å². The van der Waals surface area contributed by atoms with Gasteiger partial charge in [-0.3, -0.25) is 96.3 Å². The van der Waals surface area contributed by atoms with Crippen LogP contribution in [0.25, 0.3) is 10.9 Å². The second-order valence-electron chi connectivity index (χ2n) is 30.2. The van der Waals surface area contributed by atoms with Crippen LogP contribution in [0.5, 0.6) is 0 Å². The van der Waals surface area contributed by atoms with Crippen molar-refractivity contribution in [1.29, 1.82) is 0 Å². The number of nitrogens with one attached hydrogen (secondary N) is 13. The average Bonchev–Trinajstić information content (AvgIpc) is 1.79. The summed E-state index contributed by atoms with van der Waals surface area (Å²) < 4.78 is 0. The lowest BCUT2D eigenvalue weighted by molar-refractivity contribution is -0.140. The topological polar surface area (TPSA) is 596 Å². The maximum absolute atomic E-state index is 14.7. The Labute approximate surface area is 677 Å². The number of carboxylic acids is 3.